The summed E-state index contributed by atoms with van der Waals surface area (Å²) in [6.07, 6.45) is 0. The van der Waals surface area contributed by atoms with Gasteiger partial charge >= 0.3 is 5.09 Å². The predicted octanol–water partition coefficient (Wildman–Crippen LogP) is 1.46. The predicted molar refractivity (Wildman–Crippen MR) is 41.9 cm³/mol. The summed E-state index contributed by atoms with van der Waals surface area (Å²) < 4.78 is 0. The van der Waals surface area contributed by atoms with Gasteiger partial charge in [-0.2, -0.15) is 9.68 Å². The first-order valence-corrected chi connectivity index (χ1v) is 3.51. The lowest BCUT2D eigenvalue weighted by molar-refractivity contribution is -0.980. The highest BCUT2D eigenvalue weighted by molar-refractivity contribution is 5.13. The zero-order valence-corrected chi connectivity index (χ0v) is 6.77. The van der Waals surface area contributed by atoms with Crippen molar-refractivity contribution >= 4 is 0 Å². The Hall–Kier alpha value is -1.58. The fourth-order valence-electron chi connectivity index (χ4n) is 0.754. The molecule has 0 unspecified atom stereocenters. The highest BCUT2D eigenvalue weighted by Gasteiger charge is 2.07. The largest absolute Gasteiger partial charge is 0.477 e. The van der Waals surface area contributed by atoms with Gasteiger partial charge in [0.25, 0.3) is 0 Å². The van der Waals surface area contributed by atoms with Gasteiger partial charge in [0.15, 0.2) is 13.7 Å². The minimum absolute atomic E-state index is 0.0764. The van der Waals surface area contributed by atoms with Crippen molar-refractivity contribution in [2.45, 2.75) is 6.61 Å². The number of rotatable bonds is 4. The molecule has 1 aromatic rings. The SMILES string of the molecule is CO[N+](=O)OCc1ccccc1. The number of benzene rings is 1. The molecule has 0 aliphatic rings. The summed E-state index contributed by atoms with van der Waals surface area (Å²) >= 11 is 0. The first-order chi connectivity index (χ1) is 5.83. The van der Waals surface area contributed by atoms with Crippen LogP contribution in [0.15, 0.2) is 30.3 Å². The van der Waals surface area contributed by atoms with E-state index in [1.165, 1.54) is 7.11 Å². The van der Waals surface area contributed by atoms with Gasteiger partial charge in [0.2, 0.25) is 0 Å². The van der Waals surface area contributed by atoms with E-state index in [0.717, 1.165) is 5.56 Å². The first-order valence-electron chi connectivity index (χ1n) is 3.51. The van der Waals surface area contributed by atoms with E-state index in [1.807, 2.05) is 30.3 Å². The Morgan fingerprint density at radius 1 is 1.33 bits per heavy atom. The highest BCUT2D eigenvalue weighted by Crippen LogP contribution is 1.99. The molecular formula is C8H10NO3+. The maximum atomic E-state index is 10.5. The summed E-state index contributed by atoms with van der Waals surface area (Å²) in [6.45, 7) is 0.220. The van der Waals surface area contributed by atoms with Crippen LogP contribution in [-0.2, 0) is 16.3 Å². The Morgan fingerprint density at radius 3 is 2.58 bits per heavy atom. The molecule has 0 N–H and O–H groups in total. The van der Waals surface area contributed by atoms with Gasteiger partial charge in [-0.3, -0.25) is 0 Å². The Morgan fingerprint density at radius 2 is 2.00 bits per heavy atom. The lowest BCUT2D eigenvalue weighted by Crippen LogP contribution is -2.06. The van der Waals surface area contributed by atoms with Crippen LogP contribution in [0.5, 0.6) is 0 Å². The van der Waals surface area contributed by atoms with Crippen molar-refractivity contribution in [3.05, 3.63) is 40.8 Å². The molecule has 0 amide bonds. The normalized spacial score (nSPS) is 9.08. The summed E-state index contributed by atoms with van der Waals surface area (Å²) in [7, 11) is 1.25. The van der Waals surface area contributed by atoms with Crippen molar-refractivity contribution in [3.63, 3.8) is 0 Å². The fraction of sp³-hybridized carbons (Fsp3) is 0.250. The van der Waals surface area contributed by atoms with E-state index in [-0.39, 0.29) is 11.7 Å². The summed E-state index contributed by atoms with van der Waals surface area (Å²) in [6, 6.07) is 9.38. The van der Waals surface area contributed by atoms with Crippen molar-refractivity contribution in [1.29, 1.82) is 0 Å². The molecule has 0 saturated carbocycles. The van der Waals surface area contributed by atoms with Gasteiger partial charge in [-0.05, 0) is 5.56 Å². The molecule has 0 spiro atoms. The molecule has 0 aliphatic heterocycles. The van der Waals surface area contributed by atoms with Gasteiger partial charge in [-0.15, -0.1) is 0 Å². The topological polar surface area (TPSA) is 38.5 Å². The minimum Gasteiger partial charge on any atom is -0.190 e. The maximum absolute atomic E-state index is 10.5. The molecule has 0 aliphatic carbocycles. The lowest BCUT2D eigenvalue weighted by Gasteiger charge is -1.92. The summed E-state index contributed by atoms with van der Waals surface area (Å²) in [4.78, 5) is 19.3. The van der Waals surface area contributed by atoms with Crippen LogP contribution < -0.4 is 0 Å². The molecule has 0 atom stereocenters. The molecular weight excluding hydrogens is 158 g/mol. The van der Waals surface area contributed by atoms with Crippen LogP contribution in [-0.4, -0.2) is 12.2 Å². The van der Waals surface area contributed by atoms with Crippen LogP contribution in [0, 0.1) is 4.91 Å². The quantitative estimate of drug-likeness (QED) is 0.639. The van der Waals surface area contributed by atoms with Gasteiger partial charge in [0, 0.05) is 0 Å². The van der Waals surface area contributed by atoms with E-state index < -0.39 is 0 Å². The molecule has 0 heterocycles. The smallest absolute Gasteiger partial charge is 0.190 e. The Balaban J connectivity index is 2.38. The van der Waals surface area contributed by atoms with Crippen molar-refractivity contribution < 1.29 is 14.8 Å². The van der Waals surface area contributed by atoms with Crippen LogP contribution in [0.3, 0.4) is 0 Å². The second kappa shape index (κ2) is 4.33. The monoisotopic (exact) mass is 168 g/mol. The van der Waals surface area contributed by atoms with Gasteiger partial charge in [-0.25, -0.2) is 0 Å². The Bertz CT molecular complexity index is 248. The van der Waals surface area contributed by atoms with Gasteiger partial charge in [-0.1, -0.05) is 30.3 Å². The molecule has 4 heteroatoms. The van der Waals surface area contributed by atoms with E-state index in [0.29, 0.717) is 0 Å². The molecule has 1 aromatic carbocycles. The summed E-state index contributed by atoms with van der Waals surface area (Å²) in [5.74, 6) is 0. The Kier molecular flexibility index (Phi) is 3.07. The molecule has 12 heavy (non-hydrogen) atoms. The zero-order valence-electron chi connectivity index (χ0n) is 6.77. The third kappa shape index (κ3) is 2.57. The van der Waals surface area contributed by atoms with E-state index in [1.54, 1.807) is 0 Å². The standard InChI is InChI=1S/C8H10NO3/c1-11-9(10)12-7-8-5-3-2-4-6-8/h2-6H,7H2,1H3/q+1. The fourth-order valence-corrected chi connectivity index (χ4v) is 0.754. The van der Waals surface area contributed by atoms with E-state index in [9.17, 15) is 4.91 Å². The van der Waals surface area contributed by atoms with Gasteiger partial charge in [0.1, 0.15) is 4.91 Å². The average Bonchev–Trinajstić information content (AvgIpc) is 2.16. The van der Waals surface area contributed by atoms with Gasteiger partial charge < -0.3 is 0 Å². The number of hydrogen-bond acceptors (Lipinski definition) is 3. The average molecular weight is 168 g/mol. The van der Waals surface area contributed by atoms with Crippen LogP contribution >= 0.6 is 0 Å². The number of hydrogen-bond donors (Lipinski definition) is 0. The molecule has 4 nitrogen and oxygen atoms in total. The first kappa shape index (κ1) is 8.52. The third-order valence-electron chi connectivity index (χ3n) is 1.33. The van der Waals surface area contributed by atoms with Crippen LogP contribution in [0.25, 0.3) is 0 Å². The molecule has 0 bridgehead atoms. The van der Waals surface area contributed by atoms with E-state index in [2.05, 4.69) is 9.68 Å². The van der Waals surface area contributed by atoms with Crippen molar-refractivity contribution in [3.8, 4) is 0 Å². The highest BCUT2D eigenvalue weighted by atomic mass is 17.0. The molecule has 0 aromatic heterocycles. The van der Waals surface area contributed by atoms with Gasteiger partial charge in [0.05, 0.1) is 0 Å². The lowest BCUT2D eigenvalue weighted by atomic mass is 10.2. The number of nitrogens with zero attached hydrogens (tertiary/aromatic N) is 1. The van der Waals surface area contributed by atoms with Crippen LogP contribution in [0.1, 0.15) is 5.56 Å². The second-order valence-electron chi connectivity index (χ2n) is 2.17. The zero-order chi connectivity index (χ0) is 8.81. The van der Waals surface area contributed by atoms with Crippen molar-refractivity contribution in [2.75, 3.05) is 7.11 Å². The molecule has 64 valence electrons. The minimum atomic E-state index is 0.0764. The van der Waals surface area contributed by atoms with Crippen molar-refractivity contribution in [2.24, 2.45) is 0 Å². The molecule has 0 radical (unpaired) electrons. The van der Waals surface area contributed by atoms with Crippen molar-refractivity contribution in [1.82, 2.24) is 0 Å². The second-order valence-corrected chi connectivity index (χ2v) is 2.17. The van der Waals surface area contributed by atoms with Crippen LogP contribution in [0.4, 0.5) is 0 Å². The molecule has 0 fully saturated rings. The summed E-state index contributed by atoms with van der Waals surface area (Å²) in [5.41, 5.74) is 0.926. The molecule has 1 rings (SSSR count). The van der Waals surface area contributed by atoms with Crippen LogP contribution in [0.2, 0.25) is 0 Å². The Labute approximate surface area is 70.2 Å². The van der Waals surface area contributed by atoms with E-state index in [4.69, 9.17) is 0 Å². The van der Waals surface area contributed by atoms with E-state index >= 15 is 0 Å². The maximum Gasteiger partial charge on any atom is 0.477 e. The third-order valence-corrected chi connectivity index (χ3v) is 1.33. The molecule has 0 saturated heterocycles. The summed E-state index contributed by atoms with van der Waals surface area (Å²) in [5, 5.41) is 0.0764.